The number of nitrogens with zero attached hydrogens (tertiary/aromatic N) is 2. The van der Waals surface area contributed by atoms with E-state index in [0.29, 0.717) is 5.92 Å². The summed E-state index contributed by atoms with van der Waals surface area (Å²) >= 11 is 0. The van der Waals surface area contributed by atoms with E-state index in [1.807, 2.05) is 17.0 Å². The minimum absolute atomic E-state index is 0.151. The number of nitrogens with two attached hydrogens (primary N) is 1. The Morgan fingerprint density at radius 1 is 1.26 bits per heavy atom. The third kappa shape index (κ3) is 4.47. The molecule has 0 radical (unpaired) electrons. The molecule has 128 valence electrons. The van der Waals surface area contributed by atoms with E-state index >= 15 is 0 Å². The average molecular weight is 317 g/mol. The lowest BCUT2D eigenvalue weighted by Crippen LogP contribution is -2.42. The number of carbonyl (C=O) groups is 1. The van der Waals surface area contributed by atoms with Gasteiger partial charge in [-0.2, -0.15) is 0 Å². The topological polar surface area (TPSA) is 49.6 Å². The van der Waals surface area contributed by atoms with Gasteiger partial charge in [-0.05, 0) is 63.3 Å². The molecule has 1 atom stereocenters. The number of amides is 1. The van der Waals surface area contributed by atoms with Gasteiger partial charge in [0, 0.05) is 43.5 Å². The molecule has 1 heterocycles. The van der Waals surface area contributed by atoms with Crippen LogP contribution < -0.4 is 10.6 Å². The average Bonchev–Trinajstić information content (AvgIpc) is 2.59. The first-order chi connectivity index (χ1) is 11.1. The van der Waals surface area contributed by atoms with E-state index < -0.39 is 0 Å². The summed E-state index contributed by atoms with van der Waals surface area (Å²) in [7, 11) is 0. The van der Waals surface area contributed by atoms with Crippen molar-refractivity contribution in [3.63, 3.8) is 0 Å². The van der Waals surface area contributed by atoms with Crippen LogP contribution in [0.25, 0.3) is 0 Å². The van der Waals surface area contributed by atoms with Crippen LogP contribution in [0.4, 0.5) is 5.69 Å². The van der Waals surface area contributed by atoms with Crippen molar-refractivity contribution in [2.24, 2.45) is 11.7 Å². The van der Waals surface area contributed by atoms with Gasteiger partial charge in [0.2, 0.25) is 0 Å². The molecule has 1 aliphatic rings. The predicted molar refractivity (Wildman–Crippen MR) is 96.9 cm³/mol. The first kappa shape index (κ1) is 17.8. The molecule has 2 rings (SSSR count). The van der Waals surface area contributed by atoms with Crippen LogP contribution >= 0.6 is 0 Å². The van der Waals surface area contributed by atoms with Crippen molar-refractivity contribution in [1.29, 1.82) is 0 Å². The first-order valence-corrected chi connectivity index (χ1v) is 8.96. The highest BCUT2D eigenvalue weighted by Gasteiger charge is 2.25. The quantitative estimate of drug-likeness (QED) is 0.877. The van der Waals surface area contributed by atoms with E-state index in [-0.39, 0.29) is 11.9 Å². The van der Waals surface area contributed by atoms with Gasteiger partial charge in [-0.1, -0.05) is 6.92 Å². The van der Waals surface area contributed by atoms with Gasteiger partial charge in [-0.25, -0.2) is 0 Å². The Morgan fingerprint density at radius 2 is 1.87 bits per heavy atom. The molecule has 0 bridgehead atoms. The molecule has 0 aliphatic carbocycles. The molecule has 23 heavy (non-hydrogen) atoms. The number of anilines is 1. The van der Waals surface area contributed by atoms with Crippen molar-refractivity contribution in [3.05, 3.63) is 29.8 Å². The first-order valence-electron chi connectivity index (χ1n) is 8.96. The summed E-state index contributed by atoms with van der Waals surface area (Å²) in [6.07, 6.45) is 3.16. The molecule has 0 saturated carbocycles. The molecule has 1 fully saturated rings. The Morgan fingerprint density at radius 3 is 2.35 bits per heavy atom. The number of rotatable bonds is 6. The van der Waals surface area contributed by atoms with Gasteiger partial charge in [0.1, 0.15) is 0 Å². The molecular weight excluding hydrogens is 286 g/mol. The second-order valence-corrected chi connectivity index (χ2v) is 6.62. The van der Waals surface area contributed by atoms with Crippen molar-refractivity contribution in [2.75, 3.05) is 31.1 Å². The SMILES string of the molecule is CCCN(CC)c1ccc(C(=O)N2CCC(C(C)N)CC2)cc1. The second kappa shape index (κ2) is 8.34. The molecule has 1 aromatic carbocycles. The summed E-state index contributed by atoms with van der Waals surface area (Å²) in [4.78, 5) is 16.9. The fourth-order valence-electron chi connectivity index (χ4n) is 3.37. The number of hydrogen-bond acceptors (Lipinski definition) is 3. The molecule has 4 nitrogen and oxygen atoms in total. The van der Waals surface area contributed by atoms with Gasteiger partial charge >= 0.3 is 0 Å². The third-order valence-electron chi connectivity index (χ3n) is 4.93. The van der Waals surface area contributed by atoms with Crippen molar-refractivity contribution < 1.29 is 4.79 Å². The molecule has 1 amide bonds. The monoisotopic (exact) mass is 317 g/mol. The van der Waals surface area contributed by atoms with E-state index in [9.17, 15) is 4.79 Å². The van der Waals surface area contributed by atoms with Gasteiger partial charge in [-0.15, -0.1) is 0 Å². The lowest BCUT2D eigenvalue weighted by Gasteiger charge is -2.33. The number of likely N-dealkylation sites (tertiary alicyclic amines) is 1. The molecule has 1 aromatic rings. The lowest BCUT2D eigenvalue weighted by molar-refractivity contribution is 0.0681. The van der Waals surface area contributed by atoms with Crippen LogP contribution in [0.5, 0.6) is 0 Å². The van der Waals surface area contributed by atoms with Gasteiger partial charge in [0.05, 0.1) is 0 Å². The van der Waals surface area contributed by atoms with Gasteiger partial charge < -0.3 is 15.5 Å². The molecule has 1 unspecified atom stereocenters. The van der Waals surface area contributed by atoms with E-state index in [4.69, 9.17) is 5.73 Å². The van der Waals surface area contributed by atoms with E-state index in [1.165, 1.54) is 5.69 Å². The lowest BCUT2D eigenvalue weighted by atomic mass is 9.90. The zero-order chi connectivity index (χ0) is 16.8. The van der Waals surface area contributed by atoms with Crippen LogP contribution in [0.3, 0.4) is 0 Å². The maximum atomic E-state index is 12.6. The molecule has 2 N–H and O–H groups in total. The highest BCUT2D eigenvalue weighted by atomic mass is 16.2. The Labute approximate surface area is 140 Å². The molecule has 1 saturated heterocycles. The normalized spacial score (nSPS) is 17.1. The molecular formula is C19H31N3O. The fraction of sp³-hybridized carbons (Fsp3) is 0.632. The van der Waals surface area contributed by atoms with Crippen molar-refractivity contribution >= 4 is 11.6 Å². The van der Waals surface area contributed by atoms with Crippen LogP contribution in [-0.4, -0.2) is 43.0 Å². The molecule has 1 aliphatic heterocycles. The summed E-state index contributed by atoms with van der Waals surface area (Å²) in [5, 5.41) is 0. The van der Waals surface area contributed by atoms with Crippen LogP contribution in [0.15, 0.2) is 24.3 Å². The van der Waals surface area contributed by atoms with E-state index in [1.54, 1.807) is 0 Å². The summed E-state index contributed by atoms with van der Waals surface area (Å²) in [5.74, 6) is 0.701. The summed E-state index contributed by atoms with van der Waals surface area (Å²) in [6, 6.07) is 8.30. The maximum Gasteiger partial charge on any atom is 0.253 e. The smallest absolute Gasteiger partial charge is 0.253 e. The zero-order valence-electron chi connectivity index (χ0n) is 14.8. The number of piperidine rings is 1. The van der Waals surface area contributed by atoms with Crippen LogP contribution in [0, 0.1) is 5.92 Å². The fourth-order valence-corrected chi connectivity index (χ4v) is 3.37. The third-order valence-corrected chi connectivity index (χ3v) is 4.93. The standard InChI is InChI=1S/C19H31N3O/c1-4-12-21(5-2)18-8-6-17(7-9-18)19(23)22-13-10-16(11-14-22)15(3)20/h6-9,15-16H,4-5,10-14,20H2,1-3H3. The summed E-state index contributed by atoms with van der Waals surface area (Å²) in [5.41, 5.74) is 7.96. The number of carbonyl (C=O) groups excluding carboxylic acids is 1. The van der Waals surface area contributed by atoms with Crippen molar-refractivity contribution in [3.8, 4) is 0 Å². The second-order valence-electron chi connectivity index (χ2n) is 6.62. The highest BCUT2D eigenvalue weighted by Crippen LogP contribution is 2.22. The van der Waals surface area contributed by atoms with Crippen molar-refractivity contribution in [2.45, 2.75) is 46.1 Å². The van der Waals surface area contributed by atoms with Gasteiger partial charge in [-0.3, -0.25) is 4.79 Å². The van der Waals surface area contributed by atoms with Gasteiger partial charge in [0.15, 0.2) is 0 Å². The van der Waals surface area contributed by atoms with Crippen molar-refractivity contribution in [1.82, 2.24) is 4.90 Å². The molecule has 4 heteroatoms. The Bertz CT molecular complexity index is 490. The van der Waals surface area contributed by atoms with E-state index in [0.717, 1.165) is 51.0 Å². The van der Waals surface area contributed by atoms with E-state index in [2.05, 4.69) is 37.8 Å². The summed E-state index contributed by atoms with van der Waals surface area (Å²) < 4.78 is 0. The van der Waals surface area contributed by atoms with Crippen LogP contribution in [0.1, 0.15) is 50.4 Å². The van der Waals surface area contributed by atoms with Crippen LogP contribution in [-0.2, 0) is 0 Å². The molecule has 0 spiro atoms. The number of hydrogen-bond donors (Lipinski definition) is 1. The zero-order valence-corrected chi connectivity index (χ0v) is 14.8. The Hall–Kier alpha value is -1.55. The van der Waals surface area contributed by atoms with Crippen LogP contribution in [0.2, 0.25) is 0 Å². The molecule has 0 aromatic heterocycles. The minimum atomic E-state index is 0.151. The Balaban J connectivity index is 1.98. The highest BCUT2D eigenvalue weighted by molar-refractivity contribution is 5.94. The minimum Gasteiger partial charge on any atom is -0.372 e. The summed E-state index contributed by atoms with van der Waals surface area (Å²) in [6.45, 7) is 10.1. The predicted octanol–water partition coefficient (Wildman–Crippen LogP) is 3.12. The van der Waals surface area contributed by atoms with Gasteiger partial charge in [0.25, 0.3) is 5.91 Å². The maximum absolute atomic E-state index is 12.6. The largest absolute Gasteiger partial charge is 0.372 e. The Kier molecular flexibility index (Phi) is 6.46. The number of benzene rings is 1.